The SMILES string of the molecule is C=CCn1c(CNC(=O)c2ccc(OC)c(OC)c2)nnc1SCc1cccc(C)c1. The van der Waals surface area contributed by atoms with Gasteiger partial charge < -0.3 is 19.4 Å². The number of carbonyl (C=O) groups excluding carboxylic acids is 1. The Morgan fingerprint density at radius 3 is 2.68 bits per heavy atom. The summed E-state index contributed by atoms with van der Waals surface area (Å²) in [7, 11) is 3.09. The lowest BCUT2D eigenvalue weighted by molar-refractivity contribution is 0.0949. The highest BCUT2D eigenvalue weighted by molar-refractivity contribution is 7.98. The molecule has 1 N–H and O–H groups in total. The van der Waals surface area contributed by atoms with Gasteiger partial charge in [0, 0.05) is 17.9 Å². The van der Waals surface area contributed by atoms with Crippen LogP contribution in [-0.2, 0) is 18.8 Å². The fraction of sp³-hybridized carbons (Fsp3) is 0.261. The summed E-state index contributed by atoms with van der Waals surface area (Å²) in [6.07, 6.45) is 1.79. The van der Waals surface area contributed by atoms with Crippen LogP contribution >= 0.6 is 11.8 Å². The normalized spacial score (nSPS) is 10.5. The first-order chi connectivity index (χ1) is 15.0. The van der Waals surface area contributed by atoms with Gasteiger partial charge in [0.15, 0.2) is 22.5 Å². The zero-order chi connectivity index (χ0) is 22.2. The molecule has 0 aliphatic carbocycles. The topological polar surface area (TPSA) is 78.3 Å². The maximum absolute atomic E-state index is 12.6. The van der Waals surface area contributed by atoms with E-state index in [-0.39, 0.29) is 12.5 Å². The van der Waals surface area contributed by atoms with Gasteiger partial charge in [0.1, 0.15) is 0 Å². The number of nitrogens with zero attached hydrogens (tertiary/aromatic N) is 3. The van der Waals surface area contributed by atoms with Crippen molar-refractivity contribution in [2.75, 3.05) is 14.2 Å². The molecule has 0 fully saturated rings. The van der Waals surface area contributed by atoms with Gasteiger partial charge in [0.05, 0.1) is 20.8 Å². The molecule has 8 heteroatoms. The van der Waals surface area contributed by atoms with E-state index < -0.39 is 0 Å². The second kappa shape index (κ2) is 10.7. The van der Waals surface area contributed by atoms with Crippen LogP contribution < -0.4 is 14.8 Å². The molecular weight excluding hydrogens is 412 g/mol. The second-order valence-corrected chi connectivity index (χ2v) is 7.77. The van der Waals surface area contributed by atoms with Gasteiger partial charge in [-0.15, -0.1) is 16.8 Å². The van der Waals surface area contributed by atoms with Gasteiger partial charge in [-0.3, -0.25) is 4.79 Å². The number of thioether (sulfide) groups is 1. The number of amides is 1. The minimum atomic E-state index is -0.233. The number of rotatable bonds is 10. The highest BCUT2D eigenvalue weighted by atomic mass is 32.2. The Kier molecular flexibility index (Phi) is 7.72. The number of aromatic nitrogens is 3. The van der Waals surface area contributed by atoms with Gasteiger partial charge >= 0.3 is 0 Å². The minimum absolute atomic E-state index is 0.233. The largest absolute Gasteiger partial charge is 0.493 e. The monoisotopic (exact) mass is 438 g/mol. The number of ether oxygens (including phenoxy) is 2. The van der Waals surface area contributed by atoms with Gasteiger partial charge in [-0.1, -0.05) is 47.7 Å². The van der Waals surface area contributed by atoms with Gasteiger partial charge in [0.25, 0.3) is 5.91 Å². The van der Waals surface area contributed by atoms with E-state index in [0.717, 1.165) is 10.9 Å². The number of hydrogen-bond donors (Lipinski definition) is 1. The molecule has 0 saturated heterocycles. The number of methoxy groups -OCH3 is 2. The lowest BCUT2D eigenvalue weighted by Crippen LogP contribution is -2.25. The van der Waals surface area contributed by atoms with Crippen molar-refractivity contribution in [3.8, 4) is 11.5 Å². The summed E-state index contributed by atoms with van der Waals surface area (Å²) in [4.78, 5) is 12.6. The first kappa shape index (κ1) is 22.4. The van der Waals surface area contributed by atoms with Crippen LogP contribution in [0.2, 0.25) is 0 Å². The Morgan fingerprint density at radius 2 is 1.97 bits per heavy atom. The number of carbonyl (C=O) groups is 1. The summed E-state index contributed by atoms with van der Waals surface area (Å²) in [5.74, 6) is 2.29. The average Bonchev–Trinajstić information content (AvgIpc) is 3.17. The molecule has 7 nitrogen and oxygen atoms in total. The number of benzene rings is 2. The predicted molar refractivity (Wildman–Crippen MR) is 122 cm³/mol. The molecule has 162 valence electrons. The third kappa shape index (κ3) is 5.67. The van der Waals surface area contributed by atoms with Crippen molar-refractivity contribution in [3.05, 3.63) is 77.6 Å². The highest BCUT2D eigenvalue weighted by Gasteiger charge is 2.15. The van der Waals surface area contributed by atoms with E-state index in [9.17, 15) is 4.79 Å². The molecule has 1 aromatic heterocycles. The van der Waals surface area contributed by atoms with Crippen molar-refractivity contribution in [2.24, 2.45) is 0 Å². The highest BCUT2D eigenvalue weighted by Crippen LogP contribution is 2.27. The molecule has 31 heavy (non-hydrogen) atoms. The third-order valence-corrected chi connectivity index (χ3v) is 5.65. The lowest BCUT2D eigenvalue weighted by atomic mass is 10.2. The average molecular weight is 439 g/mol. The first-order valence-electron chi connectivity index (χ1n) is 9.77. The Balaban J connectivity index is 1.68. The molecule has 0 spiro atoms. The predicted octanol–water partition coefficient (Wildman–Crippen LogP) is 4.01. The van der Waals surface area contributed by atoms with Gasteiger partial charge in [0.2, 0.25) is 0 Å². The van der Waals surface area contributed by atoms with Crippen LogP contribution in [0.1, 0.15) is 27.3 Å². The van der Waals surface area contributed by atoms with E-state index in [1.165, 1.54) is 18.2 Å². The Hall–Kier alpha value is -3.26. The quantitative estimate of drug-likeness (QED) is 0.381. The van der Waals surface area contributed by atoms with E-state index in [4.69, 9.17) is 9.47 Å². The molecular formula is C23H26N4O3S. The van der Waals surface area contributed by atoms with Gasteiger partial charge in [-0.25, -0.2) is 0 Å². The zero-order valence-electron chi connectivity index (χ0n) is 17.9. The minimum Gasteiger partial charge on any atom is -0.493 e. The molecule has 2 aromatic carbocycles. The van der Waals surface area contributed by atoms with Gasteiger partial charge in [-0.2, -0.15) is 0 Å². The molecule has 0 bridgehead atoms. The van der Waals surface area contributed by atoms with Gasteiger partial charge in [-0.05, 0) is 30.7 Å². The fourth-order valence-electron chi connectivity index (χ4n) is 3.06. The molecule has 1 amide bonds. The fourth-order valence-corrected chi connectivity index (χ4v) is 3.97. The van der Waals surface area contributed by atoms with Crippen molar-refractivity contribution in [2.45, 2.75) is 30.9 Å². The van der Waals surface area contributed by atoms with Crippen molar-refractivity contribution in [1.29, 1.82) is 0 Å². The number of allylic oxidation sites excluding steroid dienone is 1. The second-order valence-electron chi connectivity index (χ2n) is 6.83. The summed E-state index contributed by atoms with van der Waals surface area (Å²) in [5.41, 5.74) is 2.92. The maximum atomic E-state index is 12.6. The number of nitrogens with one attached hydrogen (secondary N) is 1. The van der Waals surface area contributed by atoms with Crippen LogP contribution in [-0.4, -0.2) is 34.9 Å². The summed E-state index contributed by atoms with van der Waals surface area (Å²) < 4.78 is 12.4. The van der Waals surface area contributed by atoms with Crippen LogP contribution in [0.5, 0.6) is 11.5 Å². The lowest BCUT2D eigenvalue weighted by Gasteiger charge is -2.11. The molecule has 0 aliphatic heterocycles. The van der Waals surface area contributed by atoms with E-state index in [1.807, 2.05) is 4.57 Å². The Bertz CT molecular complexity index is 1060. The van der Waals surface area contributed by atoms with Crippen LogP contribution in [0, 0.1) is 6.92 Å². The maximum Gasteiger partial charge on any atom is 0.251 e. The smallest absolute Gasteiger partial charge is 0.251 e. The van der Waals surface area contributed by atoms with E-state index in [1.54, 1.807) is 43.1 Å². The summed E-state index contributed by atoms with van der Waals surface area (Å²) in [5, 5.41) is 12.3. The molecule has 0 unspecified atom stereocenters. The zero-order valence-corrected chi connectivity index (χ0v) is 18.7. The third-order valence-electron chi connectivity index (χ3n) is 4.61. The van der Waals surface area contributed by atoms with Crippen molar-refractivity contribution in [3.63, 3.8) is 0 Å². The van der Waals surface area contributed by atoms with Crippen molar-refractivity contribution >= 4 is 17.7 Å². The molecule has 3 rings (SSSR count). The molecule has 0 saturated carbocycles. The Morgan fingerprint density at radius 1 is 1.16 bits per heavy atom. The summed E-state index contributed by atoms with van der Waals surface area (Å²) >= 11 is 1.61. The Labute approximate surface area is 186 Å². The van der Waals surface area contributed by atoms with Crippen molar-refractivity contribution in [1.82, 2.24) is 20.1 Å². The van der Waals surface area contributed by atoms with E-state index in [2.05, 4.69) is 53.3 Å². The van der Waals surface area contributed by atoms with Crippen LogP contribution in [0.15, 0.2) is 60.3 Å². The van der Waals surface area contributed by atoms with Crippen molar-refractivity contribution < 1.29 is 14.3 Å². The van der Waals surface area contributed by atoms with E-state index in [0.29, 0.717) is 29.4 Å². The van der Waals surface area contributed by atoms with Crippen LogP contribution in [0.25, 0.3) is 0 Å². The van der Waals surface area contributed by atoms with Crippen LogP contribution in [0.3, 0.4) is 0 Å². The summed E-state index contributed by atoms with van der Waals surface area (Å²) in [6.45, 7) is 6.71. The molecule has 1 heterocycles. The molecule has 0 aliphatic rings. The number of hydrogen-bond acceptors (Lipinski definition) is 6. The molecule has 3 aromatic rings. The standard InChI is InChI=1S/C23H26N4O3S/c1-5-11-27-21(25-26-23(27)31-15-17-8-6-7-16(2)12-17)14-24-22(28)18-9-10-19(29-3)20(13-18)30-4/h5-10,12-13H,1,11,14-15H2,2-4H3,(H,24,28). The van der Waals surface area contributed by atoms with E-state index >= 15 is 0 Å². The summed E-state index contributed by atoms with van der Waals surface area (Å²) in [6, 6.07) is 13.4. The molecule has 0 atom stereocenters. The number of aryl methyl sites for hydroxylation is 1. The first-order valence-corrected chi connectivity index (χ1v) is 10.8. The molecule has 0 radical (unpaired) electrons. The van der Waals surface area contributed by atoms with Crippen LogP contribution in [0.4, 0.5) is 0 Å².